The van der Waals surface area contributed by atoms with Gasteiger partial charge in [0.25, 0.3) is 0 Å². The van der Waals surface area contributed by atoms with Crippen LogP contribution in [0.25, 0.3) is 0 Å². The highest BCUT2D eigenvalue weighted by atomic mass is 32.2. The fraction of sp³-hybridized carbons (Fsp3) is 0.100. The van der Waals surface area contributed by atoms with Crippen molar-refractivity contribution in [3.05, 3.63) is 83.4 Å². The highest BCUT2D eigenvalue weighted by molar-refractivity contribution is 7.97. The number of phenols is 3. The van der Waals surface area contributed by atoms with Crippen LogP contribution in [0.3, 0.4) is 0 Å². The molecule has 4 rings (SSSR count). The van der Waals surface area contributed by atoms with E-state index in [4.69, 9.17) is 0 Å². The van der Waals surface area contributed by atoms with E-state index in [-0.39, 0.29) is 23.3 Å². The zero-order valence-electron chi connectivity index (χ0n) is 13.3. The van der Waals surface area contributed by atoms with Gasteiger partial charge in [-0.2, -0.15) is 0 Å². The zero-order chi connectivity index (χ0) is 17.4. The molecule has 3 aromatic rings. The van der Waals surface area contributed by atoms with E-state index < -0.39 is 0 Å². The SMILES string of the molecule is Oc1cccc(C2c3ccccc3CN2Sc2ccc(O)cc2O)c1. The fourth-order valence-electron chi connectivity index (χ4n) is 3.19. The molecule has 25 heavy (non-hydrogen) atoms. The highest BCUT2D eigenvalue weighted by Crippen LogP contribution is 2.46. The van der Waals surface area contributed by atoms with Gasteiger partial charge in [-0.1, -0.05) is 36.4 Å². The summed E-state index contributed by atoms with van der Waals surface area (Å²) in [7, 11) is 0. The quantitative estimate of drug-likeness (QED) is 0.610. The van der Waals surface area contributed by atoms with E-state index in [0.717, 1.165) is 12.1 Å². The van der Waals surface area contributed by atoms with Gasteiger partial charge in [-0.15, -0.1) is 0 Å². The van der Waals surface area contributed by atoms with Crippen LogP contribution < -0.4 is 0 Å². The molecule has 0 aliphatic carbocycles. The summed E-state index contributed by atoms with van der Waals surface area (Å²) < 4.78 is 2.17. The van der Waals surface area contributed by atoms with Crippen LogP contribution in [-0.4, -0.2) is 19.6 Å². The van der Waals surface area contributed by atoms with Crippen molar-refractivity contribution in [3.63, 3.8) is 0 Å². The molecule has 0 saturated heterocycles. The third-order valence-electron chi connectivity index (χ3n) is 4.31. The summed E-state index contributed by atoms with van der Waals surface area (Å²) >= 11 is 1.44. The number of rotatable bonds is 3. The summed E-state index contributed by atoms with van der Waals surface area (Å²) in [6, 6.07) is 20.1. The van der Waals surface area contributed by atoms with Crippen LogP contribution in [0, 0.1) is 0 Å². The van der Waals surface area contributed by atoms with Crippen LogP contribution >= 0.6 is 11.9 Å². The number of fused-ring (bicyclic) bond motifs is 1. The molecule has 1 aliphatic rings. The predicted molar refractivity (Wildman–Crippen MR) is 97.6 cm³/mol. The summed E-state index contributed by atoms with van der Waals surface area (Å²) in [6.45, 7) is 0.724. The Balaban J connectivity index is 1.73. The molecule has 0 bridgehead atoms. The number of hydrogen-bond donors (Lipinski definition) is 3. The van der Waals surface area contributed by atoms with E-state index >= 15 is 0 Å². The van der Waals surface area contributed by atoms with Crippen molar-refractivity contribution >= 4 is 11.9 Å². The maximum absolute atomic E-state index is 10.1. The standard InChI is InChI=1S/C20H17NO3S/c22-15-6-3-5-13(10-15)20-17-7-2-1-4-14(17)12-21(20)25-19-9-8-16(23)11-18(19)24/h1-11,20,22-24H,12H2. The maximum atomic E-state index is 10.1. The molecule has 1 atom stereocenters. The number of nitrogens with zero attached hydrogens (tertiary/aromatic N) is 1. The van der Waals surface area contributed by atoms with Gasteiger partial charge < -0.3 is 15.3 Å². The van der Waals surface area contributed by atoms with Gasteiger partial charge in [-0.25, -0.2) is 4.31 Å². The Bertz CT molecular complexity index is 928. The first-order chi connectivity index (χ1) is 12.1. The second kappa shape index (κ2) is 6.35. The van der Waals surface area contributed by atoms with Gasteiger partial charge in [-0.05, 0) is 52.9 Å². The van der Waals surface area contributed by atoms with Crippen molar-refractivity contribution in [2.45, 2.75) is 17.5 Å². The molecule has 5 heteroatoms. The fourth-order valence-corrected chi connectivity index (χ4v) is 4.27. The number of aromatic hydroxyl groups is 3. The summed E-state index contributed by atoms with van der Waals surface area (Å²) in [4.78, 5) is 0.677. The minimum Gasteiger partial charge on any atom is -0.508 e. The first kappa shape index (κ1) is 15.9. The minimum absolute atomic E-state index is 0.0264. The third kappa shape index (κ3) is 3.04. The Kier molecular flexibility index (Phi) is 4.03. The van der Waals surface area contributed by atoms with Crippen LogP contribution in [0.5, 0.6) is 17.2 Å². The van der Waals surface area contributed by atoms with E-state index in [1.54, 1.807) is 24.3 Å². The van der Waals surface area contributed by atoms with Gasteiger partial charge in [0, 0.05) is 12.6 Å². The van der Waals surface area contributed by atoms with Crippen LogP contribution in [0.4, 0.5) is 0 Å². The van der Waals surface area contributed by atoms with Gasteiger partial charge in [0.1, 0.15) is 17.2 Å². The zero-order valence-corrected chi connectivity index (χ0v) is 14.1. The van der Waals surface area contributed by atoms with Gasteiger partial charge in [0.2, 0.25) is 0 Å². The van der Waals surface area contributed by atoms with Crippen molar-refractivity contribution in [3.8, 4) is 17.2 Å². The van der Waals surface area contributed by atoms with Gasteiger partial charge in [0.15, 0.2) is 0 Å². The Morgan fingerprint density at radius 2 is 1.64 bits per heavy atom. The smallest absolute Gasteiger partial charge is 0.134 e. The molecule has 126 valence electrons. The number of hydrogen-bond acceptors (Lipinski definition) is 5. The van der Waals surface area contributed by atoms with Crippen molar-refractivity contribution in [1.82, 2.24) is 4.31 Å². The lowest BCUT2D eigenvalue weighted by Gasteiger charge is -2.24. The lowest BCUT2D eigenvalue weighted by atomic mass is 9.98. The number of benzene rings is 3. The van der Waals surface area contributed by atoms with E-state index in [1.165, 1.54) is 29.1 Å². The molecule has 1 aliphatic heterocycles. The van der Waals surface area contributed by atoms with Gasteiger partial charge in [0.05, 0.1) is 10.9 Å². The van der Waals surface area contributed by atoms with Crippen molar-refractivity contribution < 1.29 is 15.3 Å². The van der Waals surface area contributed by atoms with Crippen LogP contribution in [0.2, 0.25) is 0 Å². The van der Waals surface area contributed by atoms with E-state index in [2.05, 4.69) is 16.4 Å². The highest BCUT2D eigenvalue weighted by Gasteiger charge is 2.32. The monoisotopic (exact) mass is 351 g/mol. The van der Waals surface area contributed by atoms with Crippen LogP contribution in [0.15, 0.2) is 71.6 Å². The van der Waals surface area contributed by atoms with Crippen LogP contribution in [-0.2, 0) is 6.54 Å². The molecule has 1 heterocycles. The van der Waals surface area contributed by atoms with E-state index in [0.29, 0.717) is 4.90 Å². The van der Waals surface area contributed by atoms with E-state index in [9.17, 15) is 15.3 Å². The molecule has 0 amide bonds. The molecule has 3 aromatic carbocycles. The molecule has 0 spiro atoms. The number of phenolic OH excluding ortho intramolecular Hbond substituents is 3. The van der Waals surface area contributed by atoms with Crippen molar-refractivity contribution in [2.24, 2.45) is 0 Å². The van der Waals surface area contributed by atoms with Gasteiger partial charge >= 0.3 is 0 Å². The van der Waals surface area contributed by atoms with Crippen LogP contribution in [0.1, 0.15) is 22.7 Å². The Labute approximate surface area is 150 Å². The first-order valence-corrected chi connectivity index (χ1v) is 8.72. The average Bonchev–Trinajstić information content (AvgIpc) is 2.95. The second-order valence-electron chi connectivity index (χ2n) is 6.01. The molecule has 0 radical (unpaired) electrons. The predicted octanol–water partition coefficient (Wildman–Crippen LogP) is 4.42. The third-order valence-corrected chi connectivity index (χ3v) is 5.42. The van der Waals surface area contributed by atoms with Crippen molar-refractivity contribution in [1.29, 1.82) is 0 Å². The summed E-state index contributed by atoms with van der Waals surface area (Å²) in [5, 5.41) is 29.5. The minimum atomic E-state index is -0.0264. The van der Waals surface area contributed by atoms with Crippen molar-refractivity contribution in [2.75, 3.05) is 0 Å². The van der Waals surface area contributed by atoms with Gasteiger partial charge in [-0.3, -0.25) is 0 Å². The molecule has 0 fully saturated rings. The topological polar surface area (TPSA) is 63.9 Å². The summed E-state index contributed by atoms with van der Waals surface area (Å²) in [5.74, 6) is 0.325. The molecule has 0 aromatic heterocycles. The van der Waals surface area contributed by atoms with E-state index in [1.807, 2.05) is 24.3 Å². The molecule has 4 nitrogen and oxygen atoms in total. The first-order valence-electron chi connectivity index (χ1n) is 7.95. The average molecular weight is 351 g/mol. The summed E-state index contributed by atoms with van der Waals surface area (Å²) in [5.41, 5.74) is 3.41. The molecule has 0 saturated carbocycles. The second-order valence-corrected chi connectivity index (χ2v) is 7.11. The molecule has 3 N–H and O–H groups in total. The molecular formula is C20H17NO3S. The molecular weight excluding hydrogens is 334 g/mol. The summed E-state index contributed by atoms with van der Waals surface area (Å²) in [6.07, 6.45) is 0. The normalized spacial score (nSPS) is 16.7. The lowest BCUT2D eigenvalue weighted by Crippen LogP contribution is -2.15. The lowest BCUT2D eigenvalue weighted by molar-refractivity contribution is 0.427. The maximum Gasteiger partial charge on any atom is 0.134 e. The molecule has 1 unspecified atom stereocenters. The Morgan fingerprint density at radius 1 is 0.840 bits per heavy atom. The largest absolute Gasteiger partial charge is 0.508 e. The Morgan fingerprint density at radius 3 is 2.44 bits per heavy atom. The Hall–Kier alpha value is -2.63.